The van der Waals surface area contributed by atoms with E-state index in [0.717, 1.165) is 0 Å². The molecule has 2 fully saturated rings. The van der Waals surface area contributed by atoms with Gasteiger partial charge < -0.3 is 20.1 Å². The fourth-order valence-corrected chi connectivity index (χ4v) is 3.27. The van der Waals surface area contributed by atoms with Crippen LogP contribution in [0.2, 0.25) is 0 Å². The molecular formula is C15H28N2O3. The van der Waals surface area contributed by atoms with Crippen LogP contribution in [0.1, 0.15) is 41.0 Å². The van der Waals surface area contributed by atoms with Crippen molar-refractivity contribution in [1.82, 2.24) is 4.90 Å². The molecule has 2 N–H and O–H groups in total. The van der Waals surface area contributed by atoms with E-state index in [0.29, 0.717) is 32.7 Å². The van der Waals surface area contributed by atoms with Crippen molar-refractivity contribution in [1.29, 1.82) is 0 Å². The van der Waals surface area contributed by atoms with E-state index in [-0.39, 0.29) is 23.0 Å². The summed E-state index contributed by atoms with van der Waals surface area (Å²) in [6.45, 7) is 12.5. The molecule has 2 atom stereocenters. The second-order valence-corrected chi connectivity index (χ2v) is 7.18. The van der Waals surface area contributed by atoms with E-state index in [4.69, 9.17) is 15.2 Å². The quantitative estimate of drug-likeness (QED) is 0.844. The maximum absolute atomic E-state index is 12.8. The van der Waals surface area contributed by atoms with Crippen molar-refractivity contribution in [2.24, 2.45) is 11.1 Å². The number of nitrogens with two attached hydrogens (primary N) is 1. The number of carbonyl (C=O) groups is 1. The summed E-state index contributed by atoms with van der Waals surface area (Å²) in [4.78, 5) is 14.7. The molecule has 1 amide bonds. The van der Waals surface area contributed by atoms with Crippen molar-refractivity contribution in [2.45, 2.75) is 58.3 Å². The second kappa shape index (κ2) is 4.97. The Morgan fingerprint density at radius 3 is 2.55 bits per heavy atom. The number of hydrogen-bond acceptors (Lipinski definition) is 4. The van der Waals surface area contributed by atoms with E-state index < -0.39 is 5.54 Å². The van der Waals surface area contributed by atoms with E-state index in [1.54, 1.807) is 0 Å². The van der Waals surface area contributed by atoms with Gasteiger partial charge in [0.2, 0.25) is 5.91 Å². The molecule has 1 aliphatic carbocycles. The first kappa shape index (κ1) is 15.7. The Morgan fingerprint density at radius 2 is 2.05 bits per heavy atom. The predicted molar refractivity (Wildman–Crippen MR) is 77.3 cm³/mol. The van der Waals surface area contributed by atoms with Gasteiger partial charge in [-0.1, -0.05) is 13.8 Å². The lowest BCUT2D eigenvalue weighted by Crippen LogP contribution is -2.76. The molecule has 0 bridgehead atoms. The molecule has 5 heteroatoms. The van der Waals surface area contributed by atoms with Gasteiger partial charge in [-0.15, -0.1) is 0 Å². The molecule has 2 aliphatic rings. The van der Waals surface area contributed by atoms with Gasteiger partial charge >= 0.3 is 0 Å². The molecule has 0 aromatic heterocycles. The number of nitrogens with zero attached hydrogens (tertiary/aromatic N) is 1. The highest BCUT2D eigenvalue weighted by atomic mass is 16.5. The first-order valence-electron chi connectivity index (χ1n) is 7.48. The number of hydrogen-bond donors (Lipinski definition) is 1. The SMILES string of the molecule is CCOC1CC(N)(C(=O)N2CCOC(C)(C)C2)C1(C)C. The Hall–Kier alpha value is -0.650. The molecule has 0 spiro atoms. The molecule has 5 nitrogen and oxygen atoms in total. The second-order valence-electron chi connectivity index (χ2n) is 7.18. The van der Waals surface area contributed by atoms with E-state index in [2.05, 4.69) is 0 Å². The summed E-state index contributed by atoms with van der Waals surface area (Å²) in [6.07, 6.45) is 0.667. The third-order valence-electron chi connectivity index (χ3n) is 4.92. The van der Waals surface area contributed by atoms with Crippen LogP contribution in [0.5, 0.6) is 0 Å². The van der Waals surface area contributed by atoms with Gasteiger partial charge in [0.15, 0.2) is 0 Å². The Balaban J connectivity index is 2.09. The maximum Gasteiger partial charge on any atom is 0.243 e. The Labute approximate surface area is 121 Å². The predicted octanol–water partition coefficient (Wildman–Crippen LogP) is 1.16. The third-order valence-corrected chi connectivity index (χ3v) is 4.92. The Kier molecular flexibility index (Phi) is 3.91. The van der Waals surface area contributed by atoms with Crippen LogP contribution in [-0.2, 0) is 14.3 Å². The fourth-order valence-electron chi connectivity index (χ4n) is 3.27. The first-order chi connectivity index (χ1) is 9.14. The van der Waals surface area contributed by atoms with Crippen molar-refractivity contribution in [3.05, 3.63) is 0 Å². The molecule has 1 saturated carbocycles. The smallest absolute Gasteiger partial charge is 0.243 e. The van der Waals surface area contributed by atoms with Crippen LogP contribution in [-0.4, -0.2) is 54.4 Å². The number of rotatable bonds is 3. The van der Waals surface area contributed by atoms with Crippen molar-refractivity contribution < 1.29 is 14.3 Å². The first-order valence-corrected chi connectivity index (χ1v) is 7.48. The van der Waals surface area contributed by atoms with E-state index in [1.807, 2.05) is 39.5 Å². The standard InChI is InChI=1S/C15H28N2O3/c1-6-19-11-9-15(16,14(11,4)5)12(18)17-7-8-20-13(2,3)10-17/h11H,6-10,16H2,1-5H3. The average Bonchev–Trinajstić information content (AvgIpc) is 2.36. The number of morpholine rings is 1. The minimum absolute atomic E-state index is 0.0369. The normalized spacial score (nSPS) is 35.5. The largest absolute Gasteiger partial charge is 0.378 e. The van der Waals surface area contributed by atoms with Crippen molar-refractivity contribution in [3.63, 3.8) is 0 Å². The summed E-state index contributed by atoms with van der Waals surface area (Å²) >= 11 is 0. The van der Waals surface area contributed by atoms with Crippen LogP contribution in [0.3, 0.4) is 0 Å². The van der Waals surface area contributed by atoms with E-state index in [9.17, 15) is 4.79 Å². The van der Waals surface area contributed by atoms with Gasteiger partial charge in [-0.05, 0) is 20.8 Å². The Morgan fingerprint density at radius 1 is 1.40 bits per heavy atom. The van der Waals surface area contributed by atoms with Gasteiger partial charge in [-0.2, -0.15) is 0 Å². The van der Waals surface area contributed by atoms with Crippen LogP contribution < -0.4 is 5.73 Å². The van der Waals surface area contributed by atoms with Gasteiger partial charge in [0.1, 0.15) is 5.54 Å². The monoisotopic (exact) mass is 284 g/mol. The number of ether oxygens (including phenoxy) is 2. The van der Waals surface area contributed by atoms with Gasteiger partial charge in [0.25, 0.3) is 0 Å². The molecule has 2 unspecified atom stereocenters. The zero-order chi connectivity index (χ0) is 15.2. The summed E-state index contributed by atoms with van der Waals surface area (Å²) in [5.41, 5.74) is 5.01. The number of carbonyl (C=O) groups excluding carboxylic acids is 1. The lowest BCUT2D eigenvalue weighted by Gasteiger charge is -2.59. The summed E-state index contributed by atoms with van der Waals surface area (Å²) in [6, 6.07) is 0. The molecule has 1 aliphatic heterocycles. The fraction of sp³-hybridized carbons (Fsp3) is 0.933. The van der Waals surface area contributed by atoms with Gasteiger partial charge in [-0.3, -0.25) is 4.79 Å². The van der Waals surface area contributed by atoms with E-state index >= 15 is 0 Å². The average molecular weight is 284 g/mol. The van der Waals surface area contributed by atoms with E-state index in [1.165, 1.54) is 0 Å². The summed E-state index contributed by atoms with van der Waals surface area (Å²) in [7, 11) is 0. The molecule has 2 rings (SSSR count). The van der Waals surface area contributed by atoms with Crippen molar-refractivity contribution in [2.75, 3.05) is 26.3 Å². The summed E-state index contributed by atoms with van der Waals surface area (Å²) in [5.74, 6) is 0.0369. The van der Waals surface area contributed by atoms with Crippen LogP contribution in [0.4, 0.5) is 0 Å². The minimum Gasteiger partial charge on any atom is -0.378 e. The topological polar surface area (TPSA) is 64.8 Å². The van der Waals surface area contributed by atoms with Crippen molar-refractivity contribution >= 4 is 5.91 Å². The highest BCUT2D eigenvalue weighted by molar-refractivity contribution is 5.89. The molecular weight excluding hydrogens is 256 g/mol. The lowest BCUT2D eigenvalue weighted by molar-refractivity contribution is -0.187. The highest BCUT2D eigenvalue weighted by Crippen LogP contribution is 2.50. The molecule has 116 valence electrons. The molecule has 20 heavy (non-hydrogen) atoms. The van der Waals surface area contributed by atoms with Crippen LogP contribution in [0.25, 0.3) is 0 Å². The highest BCUT2D eigenvalue weighted by Gasteiger charge is 2.64. The maximum atomic E-state index is 12.8. The lowest BCUT2D eigenvalue weighted by atomic mass is 9.54. The molecule has 0 aromatic carbocycles. The minimum atomic E-state index is -0.819. The third kappa shape index (κ3) is 2.36. The molecule has 1 saturated heterocycles. The van der Waals surface area contributed by atoms with Gasteiger partial charge in [-0.25, -0.2) is 0 Å². The van der Waals surface area contributed by atoms with Crippen LogP contribution in [0.15, 0.2) is 0 Å². The molecule has 0 radical (unpaired) electrons. The molecule has 1 heterocycles. The Bertz CT molecular complexity index is 395. The van der Waals surface area contributed by atoms with Crippen LogP contribution >= 0.6 is 0 Å². The van der Waals surface area contributed by atoms with Gasteiger partial charge in [0, 0.05) is 31.5 Å². The summed E-state index contributed by atoms with van der Waals surface area (Å²) < 4.78 is 11.4. The summed E-state index contributed by atoms with van der Waals surface area (Å²) in [5, 5.41) is 0. The zero-order valence-electron chi connectivity index (χ0n) is 13.4. The zero-order valence-corrected chi connectivity index (χ0v) is 13.4. The molecule has 0 aromatic rings. The van der Waals surface area contributed by atoms with Crippen LogP contribution in [0, 0.1) is 5.41 Å². The van der Waals surface area contributed by atoms with Crippen molar-refractivity contribution in [3.8, 4) is 0 Å². The van der Waals surface area contributed by atoms with Gasteiger partial charge in [0.05, 0.1) is 18.3 Å². The number of amides is 1.